The molecule has 0 bridgehead atoms. The van der Waals surface area contributed by atoms with Crippen molar-refractivity contribution in [1.29, 1.82) is 0 Å². The fraction of sp³-hybridized carbons (Fsp3) is 0.565. The number of carbonyl (C=O) groups excluding carboxylic acids is 4. The van der Waals surface area contributed by atoms with Crippen LogP contribution in [0.1, 0.15) is 55.3 Å². The van der Waals surface area contributed by atoms with Gasteiger partial charge >= 0.3 is 6.03 Å². The predicted octanol–water partition coefficient (Wildman–Crippen LogP) is 3.74. The van der Waals surface area contributed by atoms with Crippen molar-refractivity contribution < 1.29 is 19.2 Å². The second-order valence-electron chi connectivity index (χ2n) is 9.07. The molecule has 2 heterocycles. The lowest BCUT2D eigenvalue weighted by Crippen LogP contribution is -2.50. The van der Waals surface area contributed by atoms with Crippen LogP contribution in [0, 0.1) is 11.3 Å². The van der Waals surface area contributed by atoms with E-state index in [1.165, 1.54) is 11.9 Å². The number of aldehydes is 1. The van der Waals surface area contributed by atoms with E-state index in [9.17, 15) is 19.2 Å². The molecule has 1 spiro atoms. The van der Waals surface area contributed by atoms with Crippen molar-refractivity contribution in [2.24, 2.45) is 11.3 Å². The lowest BCUT2D eigenvalue weighted by Gasteiger charge is -2.45. The van der Waals surface area contributed by atoms with Crippen LogP contribution in [0.3, 0.4) is 0 Å². The molecule has 1 saturated carbocycles. The molecule has 166 valence electrons. The van der Waals surface area contributed by atoms with Crippen molar-refractivity contribution in [2.75, 3.05) is 31.6 Å². The number of halogens is 1. The Morgan fingerprint density at radius 2 is 1.77 bits per heavy atom. The monoisotopic (exact) mass is 445 g/mol. The maximum absolute atomic E-state index is 13.2. The van der Waals surface area contributed by atoms with E-state index >= 15 is 0 Å². The Balaban J connectivity index is 1.45. The normalized spacial score (nSPS) is 22.2. The Hall–Kier alpha value is -2.41. The zero-order chi connectivity index (χ0) is 22.2. The highest BCUT2D eigenvalue weighted by Gasteiger charge is 2.39. The number of benzene rings is 1. The van der Waals surface area contributed by atoms with Crippen molar-refractivity contribution >= 4 is 41.4 Å². The minimum absolute atomic E-state index is 0.0665. The molecular formula is C23H28ClN3O4. The summed E-state index contributed by atoms with van der Waals surface area (Å²) in [6.07, 6.45) is 7.27. The highest BCUT2D eigenvalue weighted by Crippen LogP contribution is 2.46. The van der Waals surface area contributed by atoms with Crippen LogP contribution in [0.5, 0.6) is 0 Å². The summed E-state index contributed by atoms with van der Waals surface area (Å²) in [4.78, 5) is 53.0. The molecule has 0 radical (unpaired) electrons. The number of hydrogen-bond acceptors (Lipinski definition) is 4. The highest BCUT2D eigenvalue weighted by molar-refractivity contribution is 6.34. The first-order chi connectivity index (χ1) is 14.8. The van der Waals surface area contributed by atoms with Gasteiger partial charge in [0.1, 0.15) is 6.29 Å². The summed E-state index contributed by atoms with van der Waals surface area (Å²) in [5.74, 6) is -0.0955. The number of nitrogens with zero attached hydrogens (tertiary/aromatic N) is 3. The standard InChI is InChI=1S/C23H28ClN3O4/c1-25-20(29)6-11-27(22(25)31)19-14-17(2-3-18(19)24)21(30)26-12-9-23(10-13-26)7-4-16(15-28)5-8-23/h2-3,14-16H,4-13H2,1H3. The number of imide groups is 1. The van der Waals surface area contributed by atoms with Gasteiger partial charge in [0.25, 0.3) is 5.91 Å². The molecule has 2 aliphatic heterocycles. The van der Waals surface area contributed by atoms with E-state index in [-0.39, 0.29) is 36.1 Å². The third-order valence-electron chi connectivity index (χ3n) is 7.32. The van der Waals surface area contributed by atoms with Crippen LogP contribution >= 0.6 is 11.6 Å². The minimum Gasteiger partial charge on any atom is -0.339 e. The molecule has 1 aromatic carbocycles. The molecule has 3 aliphatic rings. The van der Waals surface area contributed by atoms with E-state index < -0.39 is 6.03 Å². The van der Waals surface area contributed by atoms with Crippen molar-refractivity contribution in [3.63, 3.8) is 0 Å². The van der Waals surface area contributed by atoms with E-state index in [1.54, 1.807) is 18.2 Å². The van der Waals surface area contributed by atoms with Crippen molar-refractivity contribution in [3.8, 4) is 0 Å². The molecule has 7 nitrogen and oxygen atoms in total. The second-order valence-corrected chi connectivity index (χ2v) is 9.48. The van der Waals surface area contributed by atoms with E-state index in [4.69, 9.17) is 11.6 Å². The zero-order valence-electron chi connectivity index (χ0n) is 17.8. The average Bonchev–Trinajstić information content (AvgIpc) is 2.79. The number of hydrogen-bond donors (Lipinski definition) is 0. The van der Waals surface area contributed by atoms with E-state index in [2.05, 4.69) is 0 Å². The van der Waals surface area contributed by atoms with Crippen LogP contribution in [0.2, 0.25) is 5.02 Å². The Morgan fingerprint density at radius 3 is 2.42 bits per heavy atom. The van der Waals surface area contributed by atoms with Gasteiger partial charge in [-0.3, -0.25) is 19.4 Å². The number of piperidine rings is 1. The Bertz CT molecular complexity index is 900. The van der Waals surface area contributed by atoms with E-state index in [1.807, 2.05) is 4.90 Å². The summed E-state index contributed by atoms with van der Waals surface area (Å²) in [7, 11) is 1.45. The second kappa shape index (κ2) is 8.61. The molecule has 0 unspecified atom stereocenters. The molecule has 1 aliphatic carbocycles. The van der Waals surface area contributed by atoms with Crippen LogP contribution in [0.15, 0.2) is 18.2 Å². The maximum atomic E-state index is 13.2. The first-order valence-corrected chi connectivity index (χ1v) is 11.3. The fourth-order valence-corrected chi connectivity index (χ4v) is 5.31. The lowest BCUT2D eigenvalue weighted by molar-refractivity contribution is -0.127. The van der Waals surface area contributed by atoms with Gasteiger partial charge in [-0.15, -0.1) is 0 Å². The fourth-order valence-electron chi connectivity index (χ4n) is 5.09. The summed E-state index contributed by atoms with van der Waals surface area (Å²) in [6.45, 7) is 1.64. The smallest absolute Gasteiger partial charge is 0.330 e. The van der Waals surface area contributed by atoms with Crippen LogP contribution in [0.4, 0.5) is 10.5 Å². The average molecular weight is 446 g/mol. The van der Waals surface area contributed by atoms with Gasteiger partial charge in [0.15, 0.2) is 0 Å². The van der Waals surface area contributed by atoms with Gasteiger partial charge in [0.2, 0.25) is 5.91 Å². The number of amides is 4. The number of rotatable bonds is 3. The van der Waals surface area contributed by atoms with Gasteiger partial charge < -0.3 is 9.69 Å². The molecule has 8 heteroatoms. The van der Waals surface area contributed by atoms with E-state index in [0.717, 1.165) is 49.7 Å². The van der Waals surface area contributed by atoms with Crippen LogP contribution in [0.25, 0.3) is 0 Å². The molecule has 2 saturated heterocycles. The first kappa shape index (κ1) is 21.8. The summed E-state index contributed by atoms with van der Waals surface area (Å²) in [5, 5.41) is 0.372. The number of anilines is 1. The van der Waals surface area contributed by atoms with Gasteiger partial charge in [0.05, 0.1) is 10.7 Å². The van der Waals surface area contributed by atoms with E-state index in [0.29, 0.717) is 29.4 Å². The number of carbonyl (C=O) groups is 4. The summed E-state index contributed by atoms with van der Waals surface area (Å²) >= 11 is 6.34. The molecule has 3 fully saturated rings. The zero-order valence-corrected chi connectivity index (χ0v) is 18.6. The van der Waals surface area contributed by atoms with Crippen LogP contribution in [-0.4, -0.2) is 60.6 Å². The van der Waals surface area contributed by atoms with Gasteiger partial charge in [-0.05, 0) is 62.1 Å². The quantitative estimate of drug-likeness (QED) is 0.664. The lowest BCUT2D eigenvalue weighted by atomic mass is 9.65. The van der Waals surface area contributed by atoms with Gasteiger partial charge in [-0.2, -0.15) is 0 Å². The first-order valence-electron chi connectivity index (χ1n) is 11.0. The Morgan fingerprint density at radius 1 is 1.10 bits per heavy atom. The molecule has 4 rings (SSSR count). The third kappa shape index (κ3) is 4.20. The van der Waals surface area contributed by atoms with Crippen LogP contribution < -0.4 is 4.90 Å². The Kier molecular flexibility index (Phi) is 6.06. The molecule has 1 aromatic rings. The Labute approximate surface area is 187 Å². The SMILES string of the molecule is CN1C(=O)CCN(c2cc(C(=O)N3CCC4(CCC(C=O)CC4)CC3)ccc2Cl)C1=O. The molecule has 0 atom stereocenters. The summed E-state index contributed by atoms with van der Waals surface area (Å²) < 4.78 is 0. The highest BCUT2D eigenvalue weighted by atomic mass is 35.5. The number of likely N-dealkylation sites (tertiary alicyclic amines) is 1. The minimum atomic E-state index is -0.436. The predicted molar refractivity (Wildman–Crippen MR) is 117 cm³/mol. The van der Waals surface area contributed by atoms with Crippen molar-refractivity contribution in [2.45, 2.75) is 44.9 Å². The largest absolute Gasteiger partial charge is 0.339 e. The topological polar surface area (TPSA) is 78.0 Å². The maximum Gasteiger partial charge on any atom is 0.330 e. The van der Waals surface area contributed by atoms with Gasteiger partial charge in [-0.1, -0.05) is 11.6 Å². The summed E-state index contributed by atoms with van der Waals surface area (Å²) in [5.41, 5.74) is 1.21. The molecular weight excluding hydrogens is 418 g/mol. The summed E-state index contributed by atoms with van der Waals surface area (Å²) in [6, 6.07) is 4.55. The molecule has 4 amide bonds. The third-order valence-corrected chi connectivity index (χ3v) is 7.64. The van der Waals surface area contributed by atoms with Crippen molar-refractivity contribution in [3.05, 3.63) is 28.8 Å². The van der Waals surface area contributed by atoms with Gasteiger partial charge in [0, 0.05) is 44.6 Å². The van der Waals surface area contributed by atoms with Crippen LogP contribution in [-0.2, 0) is 9.59 Å². The molecule has 0 N–H and O–H groups in total. The van der Waals surface area contributed by atoms with Crippen molar-refractivity contribution in [1.82, 2.24) is 9.80 Å². The molecule has 31 heavy (non-hydrogen) atoms. The van der Waals surface area contributed by atoms with Gasteiger partial charge in [-0.25, -0.2) is 4.79 Å². The molecule has 0 aromatic heterocycles. The number of urea groups is 1.